The minimum absolute atomic E-state index is 0.0375. The first-order valence-electron chi connectivity index (χ1n) is 14.0. The second-order valence-electron chi connectivity index (χ2n) is 11.0. The molecule has 1 fully saturated rings. The molecule has 1 atom stereocenters. The Balaban J connectivity index is 1.19. The molecule has 5 heterocycles. The summed E-state index contributed by atoms with van der Waals surface area (Å²) >= 11 is 0. The van der Waals surface area contributed by atoms with Crippen LogP contribution in [0.5, 0.6) is 5.75 Å². The Bertz CT molecular complexity index is 1560. The number of fused-ring (bicyclic) bond motifs is 2. The molecule has 3 aliphatic rings. The molecular formula is C31H33N7O4. The molecule has 0 bridgehead atoms. The molecule has 0 radical (unpaired) electrons. The van der Waals surface area contributed by atoms with Crippen molar-refractivity contribution in [3.8, 4) is 5.75 Å². The van der Waals surface area contributed by atoms with Crippen LogP contribution in [0.25, 0.3) is 0 Å². The molecule has 42 heavy (non-hydrogen) atoms. The van der Waals surface area contributed by atoms with Gasteiger partial charge in [-0.25, -0.2) is 9.78 Å². The molecule has 2 aromatic heterocycles. The molecule has 1 unspecified atom stereocenters. The largest absolute Gasteiger partial charge is 0.453 e. The smallest absolute Gasteiger partial charge is 0.323 e. The van der Waals surface area contributed by atoms with Gasteiger partial charge in [-0.05, 0) is 55.3 Å². The Labute approximate surface area is 244 Å². The van der Waals surface area contributed by atoms with Crippen LogP contribution in [0.4, 0.5) is 27.7 Å². The number of benzene rings is 1. The first-order chi connectivity index (χ1) is 20.3. The van der Waals surface area contributed by atoms with Gasteiger partial charge in [0.1, 0.15) is 11.6 Å². The lowest BCUT2D eigenvalue weighted by Gasteiger charge is -2.35. The molecule has 0 aliphatic carbocycles. The lowest BCUT2D eigenvalue weighted by atomic mass is 9.93. The van der Waals surface area contributed by atoms with Crippen LogP contribution < -0.4 is 25.2 Å². The Morgan fingerprint density at radius 2 is 1.86 bits per heavy atom. The highest BCUT2D eigenvalue weighted by atomic mass is 16.5. The van der Waals surface area contributed by atoms with Gasteiger partial charge in [0.25, 0.3) is 0 Å². The number of likely N-dealkylation sites (N-methyl/N-ethyl adjacent to an activating group) is 1. The molecule has 0 spiro atoms. The van der Waals surface area contributed by atoms with Gasteiger partial charge in [-0.15, -0.1) is 0 Å². The monoisotopic (exact) mass is 567 g/mol. The first-order valence-corrected chi connectivity index (χ1v) is 14.0. The van der Waals surface area contributed by atoms with Crippen LogP contribution in [0, 0.1) is 5.92 Å². The summed E-state index contributed by atoms with van der Waals surface area (Å²) < 4.78 is 6.02. The average Bonchev–Trinajstić information content (AvgIpc) is 3.48. The van der Waals surface area contributed by atoms with Gasteiger partial charge in [-0.3, -0.25) is 14.6 Å². The van der Waals surface area contributed by atoms with E-state index >= 15 is 0 Å². The summed E-state index contributed by atoms with van der Waals surface area (Å²) in [4.78, 5) is 53.1. The number of nitrogens with zero attached hydrogens (tertiary/aromatic N) is 5. The quantitative estimate of drug-likeness (QED) is 0.442. The van der Waals surface area contributed by atoms with Crippen LogP contribution >= 0.6 is 0 Å². The maximum absolute atomic E-state index is 13.4. The molecule has 6 rings (SSSR count). The summed E-state index contributed by atoms with van der Waals surface area (Å²) in [6.07, 6.45) is 8.47. The van der Waals surface area contributed by atoms with E-state index in [-0.39, 0.29) is 29.3 Å². The van der Waals surface area contributed by atoms with Crippen molar-refractivity contribution in [3.63, 3.8) is 0 Å². The zero-order valence-electron chi connectivity index (χ0n) is 23.8. The Hall–Kier alpha value is -4.93. The van der Waals surface area contributed by atoms with Gasteiger partial charge in [-0.2, -0.15) is 0 Å². The van der Waals surface area contributed by atoms with E-state index in [1.807, 2.05) is 25.4 Å². The third kappa shape index (κ3) is 5.25. The number of piperidine rings is 1. The Morgan fingerprint density at radius 3 is 2.60 bits per heavy atom. The molecule has 1 aromatic carbocycles. The number of rotatable bonds is 5. The summed E-state index contributed by atoms with van der Waals surface area (Å²) in [6.45, 7) is 2.21. The fraction of sp³-hybridized carbons (Fsp3) is 0.323. The number of urea groups is 1. The number of hydrogen-bond donors (Lipinski definition) is 2. The molecule has 11 heteroatoms. The molecule has 3 amide bonds. The average molecular weight is 568 g/mol. The standard InChI is InChI=1S/C31H33N7O4/c1-36(2)30(40)19-9-13-38(14-10-19)24-8-12-33-29-27(24)20(18-37(29)3)15-26-28(39)23-16-21(6-7-25(23)42-26)34-31(41)35-22-5-4-11-32-17-22/h4-8,11-12,15-17,19-20H,9-10,13-14,18H2,1-3H3,(H2,34,35,41)/b26-15-. The van der Waals surface area contributed by atoms with Crippen LogP contribution in [-0.2, 0) is 4.79 Å². The summed E-state index contributed by atoms with van der Waals surface area (Å²) in [5, 5.41) is 5.47. The number of ether oxygens (including phenoxy) is 1. The van der Waals surface area contributed by atoms with Gasteiger partial charge in [-0.1, -0.05) is 0 Å². The number of amides is 3. The van der Waals surface area contributed by atoms with Crippen molar-refractivity contribution in [2.24, 2.45) is 5.92 Å². The number of carbonyl (C=O) groups excluding carboxylic acids is 3. The van der Waals surface area contributed by atoms with Gasteiger partial charge < -0.3 is 30.1 Å². The molecule has 1 saturated heterocycles. The van der Waals surface area contributed by atoms with E-state index in [1.165, 1.54) is 0 Å². The van der Waals surface area contributed by atoms with E-state index in [2.05, 4.69) is 30.4 Å². The number of hydrogen-bond acceptors (Lipinski definition) is 8. The number of anilines is 4. The Kier molecular flexibility index (Phi) is 7.24. The zero-order chi connectivity index (χ0) is 29.4. The highest BCUT2D eigenvalue weighted by molar-refractivity contribution is 6.13. The maximum Gasteiger partial charge on any atom is 0.323 e. The minimum atomic E-state index is -0.439. The third-order valence-corrected chi connectivity index (χ3v) is 7.97. The van der Waals surface area contributed by atoms with E-state index in [4.69, 9.17) is 4.74 Å². The van der Waals surface area contributed by atoms with E-state index in [9.17, 15) is 14.4 Å². The number of allylic oxidation sites excluding steroid dienone is 1. The number of Topliss-reactive ketones (excluding diaryl/α,β-unsaturated/α-hetero) is 1. The second kappa shape index (κ2) is 11.2. The van der Waals surface area contributed by atoms with Gasteiger partial charge in [0, 0.05) is 81.9 Å². The predicted octanol–water partition coefficient (Wildman–Crippen LogP) is 4.12. The topological polar surface area (TPSA) is 120 Å². The highest BCUT2D eigenvalue weighted by Gasteiger charge is 2.36. The first kappa shape index (κ1) is 27.3. The second-order valence-corrected chi connectivity index (χ2v) is 11.0. The normalized spacial score (nSPS) is 18.9. The molecule has 3 aliphatic heterocycles. The van der Waals surface area contributed by atoms with Crippen molar-refractivity contribution in [2.75, 3.05) is 61.2 Å². The molecule has 216 valence electrons. The molecular weight excluding hydrogens is 534 g/mol. The fourth-order valence-corrected chi connectivity index (χ4v) is 5.92. The number of nitrogens with one attached hydrogen (secondary N) is 2. The van der Waals surface area contributed by atoms with Gasteiger partial charge in [0.2, 0.25) is 11.7 Å². The highest BCUT2D eigenvalue weighted by Crippen LogP contribution is 2.43. The van der Waals surface area contributed by atoms with Crippen molar-refractivity contribution in [1.82, 2.24) is 14.9 Å². The van der Waals surface area contributed by atoms with Crippen LogP contribution in [-0.4, -0.2) is 73.4 Å². The number of ketones is 1. The minimum Gasteiger partial charge on any atom is -0.453 e. The summed E-state index contributed by atoms with van der Waals surface area (Å²) in [7, 11) is 5.61. The van der Waals surface area contributed by atoms with E-state index in [0.29, 0.717) is 29.2 Å². The summed E-state index contributed by atoms with van der Waals surface area (Å²) in [6, 6.07) is 10.1. The zero-order valence-corrected chi connectivity index (χ0v) is 23.8. The maximum atomic E-state index is 13.4. The van der Waals surface area contributed by atoms with Crippen molar-refractivity contribution in [1.29, 1.82) is 0 Å². The number of aromatic nitrogens is 2. The lowest BCUT2D eigenvalue weighted by molar-refractivity contribution is -0.133. The number of carbonyl (C=O) groups is 3. The van der Waals surface area contributed by atoms with E-state index in [0.717, 1.165) is 43.0 Å². The van der Waals surface area contributed by atoms with Crippen molar-refractivity contribution >= 4 is 40.6 Å². The fourth-order valence-electron chi connectivity index (χ4n) is 5.92. The van der Waals surface area contributed by atoms with E-state index in [1.54, 1.807) is 61.7 Å². The van der Waals surface area contributed by atoms with Crippen LogP contribution in [0.1, 0.15) is 34.7 Å². The van der Waals surface area contributed by atoms with Gasteiger partial charge >= 0.3 is 6.03 Å². The Morgan fingerprint density at radius 1 is 1.07 bits per heavy atom. The molecule has 2 N–H and O–H groups in total. The molecule has 3 aromatic rings. The third-order valence-electron chi connectivity index (χ3n) is 7.97. The van der Waals surface area contributed by atoms with Crippen LogP contribution in [0.3, 0.4) is 0 Å². The predicted molar refractivity (Wildman–Crippen MR) is 160 cm³/mol. The molecule has 0 saturated carbocycles. The van der Waals surface area contributed by atoms with Crippen molar-refractivity contribution in [2.45, 2.75) is 18.8 Å². The number of pyridine rings is 2. The van der Waals surface area contributed by atoms with E-state index < -0.39 is 6.03 Å². The van der Waals surface area contributed by atoms with Crippen LogP contribution in [0.2, 0.25) is 0 Å². The van der Waals surface area contributed by atoms with Gasteiger partial charge in [0.15, 0.2) is 5.76 Å². The summed E-state index contributed by atoms with van der Waals surface area (Å²) in [5.41, 5.74) is 3.57. The summed E-state index contributed by atoms with van der Waals surface area (Å²) in [5.74, 6) is 1.48. The van der Waals surface area contributed by atoms with Gasteiger partial charge in [0.05, 0.1) is 17.4 Å². The molecule has 11 nitrogen and oxygen atoms in total. The van der Waals surface area contributed by atoms with Crippen molar-refractivity contribution in [3.05, 3.63) is 78.0 Å². The lowest BCUT2D eigenvalue weighted by Crippen LogP contribution is -2.40. The van der Waals surface area contributed by atoms with Crippen LogP contribution in [0.15, 0.2) is 66.8 Å². The SMILES string of the molecule is CN(C)C(=O)C1CCN(c2ccnc3c2C(/C=C2\Oc4ccc(NC(=O)Nc5cccnc5)cc4C2=O)CN3C)CC1. The van der Waals surface area contributed by atoms with Crippen molar-refractivity contribution < 1.29 is 19.1 Å².